The molecule has 2 aliphatic carbocycles. The Morgan fingerprint density at radius 3 is 2.55 bits per heavy atom. The van der Waals surface area contributed by atoms with Gasteiger partial charge in [0, 0.05) is 11.7 Å². The Balaban J connectivity index is 1.52. The van der Waals surface area contributed by atoms with Gasteiger partial charge in [-0.3, -0.25) is 14.5 Å². The first-order valence-corrected chi connectivity index (χ1v) is 10.2. The second-order valence-corrected chi connectivity index (χ2v) is 8.11. The van der Waals surface area contributed by atoms with Crippen LogP contribution in [0.4, 0.5) is 4.79 Å². The van der Waals surface area contributed by atoms with Gasteiger partial charge in [-0.25, -0.2) is 4.79 Å². The molecular formula is C22H27N3O4. The number of allylic oxidation sites excluding steroid dienone is 2. The Morgan fingerprint density at radius 2 is 1.97 bits per heavy atom. The molecule has 1 aliphatic heterocycles. The molecule has 7 heteroatoms. The lowest BCUT2D eigenvalue weighted by molar-refractivity contribution is -0.138. The van der Waals surface area contributed by atoms with E-state index in [4.69, 9.17) is 4.74 Å². The molecule has 7 nitrogen and oxygen atoms in total. The third kappa shape index (κ3) is 3.61. The smallest absolute Gasteiger partial charge is 0.325 e. The van der Waals surface area contributed by atoms with E-state index in [9.17, 15) is 14.4 Å². The molecular weight excluding hydrogens is 370 g/mol. The second-order valence-electron chi connectivity index (χ2n) is 8.11. The summed E-state index contributed by atoms with van der Waals surface area (Å²) in [6.07, 6.45) is 8.16. The van der Waals surface area contributed by atoms with Crippen molar-refractivity contribution in [2.45, 2.75) is 57.0 Å². The van der Waals surface area contributed by atoms with Gasteiger partial charge in [0.15, 0.2) is 0 Å². The highest BCUT2D eigenvalue weighted by molar-refractivity contribution is 6.09. The van der Waals surface area contributed by atoms with E-state index in [2.05, 4.69) is 11.4 Å². The van der Waals surface area contributed by atoms with E-state index in [0.29, 0.717) is 11.3 Å². The van der Waals surface area contributed by atoms with Crippen molar-refractivity contribution in [2.24, 2.45) is 0 Å². The number of nitrogens with one attached hydrogen (secondary N) is 1. The minimum atomic E-state index is -1.20. The summed E-state index contributed by atoms with van der Waals surface area (Å²) in [5, 5.41) is 2.76. The molecule has 1 heterocycles. The number of hydrogen-bond donors (Lipinski definition) is 1. The zero-order valence-corrected chi connectivity index (χ0v) is 16.9. The van der Waals surface area contributed by atoms with E-state index >= 15 is 0 Å². The molecule has 0 spiro atoms. The maximum absolute atomic E-state index is 13.1. The molecule has 1 N–H and O–H groups in total. The minimum absolute atomic E-state index is 0.178. The quantitative estimate of drug-likeness (QED) is 0.749. The van der Waals surface area contributed by atoms with Gasteiger partial charge in [-0.1, -0.05) is 18.2 Å². The number of rotatable bonds is 6. The highest BCUT2D eigenvalue weighted by Gasteiger charge is 2.50. The van der Waals surface area contributed by atoms with Gasteiger partial charge in [0.25, 0.3) is 5.91 Å². The molecule has 154 valence electrons. The lowest BCUT2D eigenvalue weighted by atomic mass is 9.92. The number of ether oxygens (including phenoxy) is 1. The highest BCUT2D eigenvalue weighted by Crippen LogP contribution is 2.35. The van der Waals surface area contributed by atoms with Crippen molar-refractivity contribution in [2.75, 3.05) is 13.7 Å². The summed E-state index contributed by atoms with van der Waals surface area (Å²) in [5.41, 5.74) is 0.507. The van der Waals surface area contributed by atoms with E-state index in [1.165, 1.54) is 0 Å². The van der Waals surface area contributed by atoms with Crippen LogP contribution in [0.15, 0.2) is 36.0 Å². The number of hydrogen-bond acceptors (Lipinski definition) is 4. The van der Waals surface area contributed by atoms with Gasteiger partial charge in [-0.2, -0.15) is 0 Å². The van der Waals surface area contributed by atoms with Gasteiger partial charge in [0.1, 0.15) is 17.8 Å². The van der Waals surface area contributed by atoms with Crippen LogP contribution in [-0.2, 0) is 15.1 Å². The fraction of sp³-hybridized carbons (Fsp3) is 0.500. The molecule has 1 saturated heterocycles. The summed E-state index contributed by atoms with van der Waals surface area (Å²) >= 11 is 0. The van der Waals surface area contributed by atoms with Gasteiger partial charge < -0.3 is 15.0 Å². The third-order valence-electron chi connectivity index (χ3n) is 5.99. The summed E-state index contributed by atoms with van der Waals surface area (Å²) < 4.78 is 5.16. The zero-order chi connectivity index (χ0) is 20.6. The number of urea groups is 1. The standard InChI is InChI=1S/C22H27N3O4/c1-22(15-8-12-18(29-2)13-9-15)20(27)24(21(28)23-22)14-19(26)25(17-10-11-17)16-6-4-3-5-7-16/h6,8-9,12-13,17H,3-5,7,10-11,14H2,1-2H3,(H,23,28). The monoisotopic (exact) mass is 397 g/mol. The summed E-state index contributed by atoms with van der Waals surface area (Å²) in [6.45, 7) is 1.44. The fourth-order valence-electron chi connectivity index (χ4n) is 4.14. The zero-order valence-electron chi connectivity index (χ0n) is 16.9. The lowest BCUT2D eigenvalue weighted by Gasteiger charge is -2.29. The summed E-state index contributed by atoms with van der Waals surface area (Å²) in [5.74, 6) is 0.0829. The predicted octanol–water partition coefficient (Wildman–Crippen LogP) is 2.91. The molecule has 0 radical (unpaired) electrons. The van der Waals surface area contributed by atoms with Crippen LogP contribution in [0.5, 0.6) is 5.75 Å². The second kappa shape index (κ2) is 7.54. The lowest BCUT2D eigenvalue weighted by Crippen LogP contribution is -2.45. The molecule has 0 aromatic heterocycles. The Kier molecular flexibility index (Phi) is 5.06. The van der Waals surface area contributed by atoms with Gasteiger partial charge >= 0.3 is 6.03 Å². The van der Waals surface area contributed by atoms with E-state index < -0.39 is 17.5 Å². The first-order valence-electron chi connectivity index (χ1n) is 10.2. The Hall–Kier alpha value is -2.83. The largest absolute Gasteiger partial charge is 0.497 e. The van der Waals surface area contributed by atoms with Crippen molar-refractivity contribution >= 4 is 17.8 Å². The fourth-order valence-corrected chi connectivity index (χ4v) is 4.14. The summed E-state index contributed by atoms with van der Waals surface area (Å²) in [4.78, 5) is 41.7. The number of carbonyl (C=O) groups is 3. The molecule has 1 unspecified atom stereocenters. The van der Waals surface area contributed by atoms with Gasteiger partial charge in [-0.15, -0.1) is 0 Å². The van der Waals surface area contributed by atoms with Crippen LogP contribution in [0.2, 0.25) is 0 Å². The predicted molar refractivity (Wildman–Crippen MR) is 107 cm³/mol. The molecule has 1 atom stereocenters. The van der Waals surface area contributed by atoms with Crippen LogP contribution in [0.3, 0.4) is 0 Å². The molecule has 4 amide bonds. The Morgan fingerprint density at radius 1 is 1.24 bits per heavy atom. The molecule has 0 bridgehead atoms. The molecule has 29 heavy (non-hydrogen) atoms. The Labute approximate surface area is 170 Å². The summed E-state index contributed by atoms with van der Waals surface area (Å²) in [6, 6.07) is 6.68. The van der Waals surface area contributed by atoms with E-state index in [-0.39, 0.29) is 18.5 Å². The maximum atomic E-state index is 13.1. The topological polar surface area (TPSA) is 79.0 Å². The van der Waals surface area contributed by atoms with Crippen LogP contribution < -0.4 is 10.1 Å². The normalized spacial score (nSPS) is 24.2. The third-order valence-corrected chi connectivity index (χ3v) is 5.99. The van der Waals surface area contributed by atoms with Crippen molar-refractivity contribution in [3.05, 3.63) is 41.6 Å². The van der Waals surface area contributed by atoms with Crippen LogP contribution in [0.25, 0.3) is 0 Å². The minimum Gasteiger partial charge on any atom is -0.497 e. The number of benzene rings is 1. The molecule has 4 rings (SSSR count). The molecule has 1 aromatic carbocycles. The first-order chi connectivity index (χ1) is 13.9. The number of amides is 4. The van der Waals surface area contributed by atoms with Crippen LogP contribution in [0.1, 0.15) is 51.0 Å². The van der Waals surface area contributed by atoms with Crippen LogP contribution in [-0.4, -0.2) is 47.3 Å². The number of imide groups is 1. The van der Waals surface area contributed by atoms with Crippen molar-refractivity contribution in [1.82, 2.24) is 15.1 Å². The SMILES string of the molecule is COc1ccc(C2(C)NC(=O)N(CC(=O)N(C3=CCCCC3)C3CC3)C2=O)cc1. The number of carbonyl (C=O) groups excluding carboxylic acids is 3. The number of methoxy groups -OCH3 is 1. The average molecular weight is 397 g/mol. The first kappa shape index (κ1) is 19.5. The van der Waals surface area contributed by atoms with Gasteiger partial charge in [0.2, 0.25) is 5.91 Å². The van der Waals surface area contributed by atoms with Crippen molar-refractivity contribution in [3.8, 4) is 5.75 Å². The van der Waals surface area contributed by atoms with Crippen LogP contribution >= 0.6 is 0 Å². The summed E-state index contributed by atoms with van der Waals surface area (Å²) in [7, 11) is 1.57. The van der Waals surface area contributed by atoms with E-state index in [0.717, 1.165) is 49.1 Å². The van der Waals surface area contributed by atoms with Crippen LogP contribution in [0, 0.1) is 0 Å². The maximum Gasteiger partial charge on any atom is 0.325 e. The molecule has 1 saturated carbocycles. The molecule has 3 aliphatic rings. The van der Waals surface area contributed by atoms with Crippen molar-refractivity contribution in [3.63, 3.8) is 0 Å². The Bertz CT molecular complexity index is 859. The average Bonchev–Trinajstić information content (AvgIpc) is 3.54. The van der Waals surface area contributed by atoms with E-state index in [1.807, 2.05) is 4.90 Å². The van der Waals surface area contributed by atoms with Crippen molar-refractivity contribution in [1.29, 1.82) is 0 Å². The van der Waals surface area contributed by atoms with Gasteiger partial charge in [0.05, 0.1) is 7.11 Å². The molecule has 1 aromatic rings. The van der Waals surface area contributed by atoms with Gasteiger partial charge in [-0.05, 0) is 63.1 Å². The van der Waals surface area contributed by atoms with E-state index in [1.54, 1.807) is 38.3 Å². The molecule has 2 fully saturated rings. The number of nitrogens with zero attached hydrogens (tertiary/aromatic N) is 2. The highest BCUT2D eigenvalue weighted by atomic mass is 16.5. The van der Waals surface area contributed by atoms with Crippen molar-refractivity contribution < 1.29 is 19.1 Å².